The first-order valence-electron chi connectivity index (χ1n) is 6.14. The summed E-state index contributed by atoms with van der Waals surface area (Å²) in [7, 11) is 0. The lowest BCUT2D eigenvalue weighted by Gasteiger charge is -2.28. The molecule has 0 saturated carbocycles. The Morgan fingerprint density at radius 3 is 2.00 bits per heavy atom. The molecule has 86 valence electrons. The van der Waals surface area contributed by atoms with Crippen LogP contribution in [0.25, 0.3) is 0 Å². The van der Waals surface area contributed by atoms with Gasteiger partial charge in [-0.2, -0.15) is 0 Å². The average molecular weight is 209 g/mol. The predicted molar refractivity (Wildman–Crippen MR) is 66.5 cm³/mol. The molecule has 0 aromatic carbocycles. The molecule has 0 spiro atoms. The van der Waals surface area contributed by atoms with Crippen molar-refractivity contribution in [3.05, 3.63) is 12.3 Å². The molecule has 0 unspecified atom stereocenters. The van der Waals surface area contributed by atoms with Gasteiger partial charge in [-0.25, -0.2) is 4.58 Å². The van der Waals surface area contributed by atoms with Gasteiger partial charge >= 0.3 is 0 Å². The van der Waals surface area contributed by atoms with Crippen LogP contribution in [0.15, 0.2) is 12.3 Å². The molecule has 0 atom stereocenters. The predicted octanol–water partition coefficient (Wildman–Crippen LogP) is 2.50. The van der Waals surface area contributed by atoms with Crippen molar-refractivity contribution in [1.82, 2.24) is 4.90 Å². The van der Waals surface area contributed by atoms with E-state index in [0.717, 1.165) is 0 Å². The molecule has 15 heavy (non-hydrogen) atoms. The smallest absolute Gasteiger partial charge is 0.164 e. The maximum absolute atomic E-state index is 2.40. The highest BCUT2D eigenvalue weighted by Gasteiger charge is 2.11. The Morgan fingerprint density at radius 1 is 1.00 bits per heavy atom. The van der Waals surface area contributed by atoms with E-state index in [1.807, 2.05) is 0 Å². The minimum absolute atomic E-state index is 0.577. The Bertz CT molecular complexity index is 223. The van der Waals surface area contributed by atoms with Crippen LogP contribution in [-0.4, -0.2) is 40.9 Å². The fourth-order valence-electron chi connectivity index (χ4n) is 2.09. The second-order valence-corrected chi connectivity index (χ2v) is 4.87. The number of rotatable bonds is 4. The second kappa shape index (κ2) is 5.94. The normalized spacial score (nSPS) is 17.1. The Labute approximate surface area is 94.3 Å². The van der Waals surface area contributed by atoms with Crippen molar-refractivity contribution < 1.29 is 4.58 Å². The summed E-state index contributed by atoms with van der Waals surface area (Å²) in [6, 6.07) is 1.15. The highest BCUT2D eigenvalue weighted by atomic mass is 15.2. The van der Waals surface area contributed by atoms with Gasteiger partial charge in [0.25, 0.3) is 0 Å². The first-order valence-corrected chi connectivity index (χ1v) is 6.14. The minimum atomic E-state index is 0.577. The van der Waals surface area contributed by atoms with E-state index in [1.54, 1.807) is 0 Å². The van der Waals surface area contributed by atoms with Crippen LogP contribution >= 0.6 is 0 Å². The Hall–Kier alpha value is -0.790. The summed E-state index contributed by atoms with van der Waals surface area (Å²) in [5.41, 5.74) is 0. The molecule has 0 aliphatic carbocycles. The lowest BCUT2D eigenvalue weighted by atomic mass is 10.2. The van der Waals surface area contributed by atoms with Crippen molar-refractivity contribution in [1.29, 1.82) is 0 Å². The van der Waals surface area contributed by atoms with Gasteiger partial charge in [0, 0.05) is 37.2 Å². The zero-order valence-electron chi connectivity index (χ0n) is 10.6. The highest BCUT2D eigenvalue weighted by molar-refractivity contribution is 5.65. The van der Waals surface area contributed by atoms with Crippen molar-refractivity contribution in [3.8, 4) is 0 Å². The maximum Gasteiger partial charge on any atom is 0.164 e. The van der Waals surface area contributed by atoms with Crippen LogP contribution in [0.2, 0.25) is 0 Å². The van der Waals surface area contributed by atoms with Gasteiger partial charge in [0.2, 0.25) is 0 Å². The van der Waals surface area contributed by atoms with Crippen molar-refractivity contribution >= 4 is 6.21 Å². The van der Waals surface area contributed by atoms with E-state index < -0.39 is 0 Å². The molecule has 1 fully saturated rings. The molecule has 1 heterocycles. The van der Waals surface area contributed by atoms with E-state index in [0.29, 0.717) is 12.1 Å². The SMILES string of the molecule is CC(C)N(/C=C/C=[N+]1CCCC1)C(C)C. The Morgan fingerprint density at radius 2 is 1.53 bits per heavy atom. The zero-order valence-corrected chi connectivity index (χ0v) is 10.6. The van der Waals surface area contributed by atoms with E-state index in [1.165, 1.54) is 25.9 Å². The maximum atomic E-state index is 2.40. The fourth-order valence-corrected chi connectivity index (χ4v) is 2.09. The molecule has 2 heteroatoms. The lowest BCUT2D eigenvalue weighted by Crippen LogP contribution is -2.31. The molecule has 0 amide bonds. The molecule has 0 aromatic heterocycles. The zero-order chi connectivity index (χ0) is 11.3. The van der Waals surface area contributed by atoms with E-state index >= 15 is 0 Å². The van der Waals surface area contributed by atoms with Crippen LogP contribution < -0.4 is 0 Å². The molecule has 1 rings (SSSR count). The van der Waals surface area contributed by atoms with Crippen molar-refractivity contribution in [2.45, 2.75) is 52.6 Å². The molecule has 1 aliphatic rings. The van der Waals surface area contributed by atoms with Crippen LogP contribution in [0.1, 0.15) is 40.5 Å². The summed E-state index contributed by atoms with van der Waals surface area (Å²) in [5.74, 6) is 0. The molecular formula is C13H25N2+. The average Bonchev–Trinajstić information content (AvgIpc) is 2.63. The largest absolute Gasteiger partial charge is 0.372 e. The van der Waals surface area contributed by atoms with Crippen molar-refractivity contribution in [3.63, 3.8) is 0 Å². The van der Waals surface area contributed by atoms with Crippen LogP contribution in [0, 0.1) is 0 Å². The van der Waals surface area contributed by atoms with Gasteiger partial charge < -0.3 is 4.90 Å². The van der Waals surface area contributed by atoms with Crippen LogP contribution in [0.3, 0.4) is 0 Å². The molecule has 0 bridgehead atoms. The first-order chi connectivity index (χ1) is 7.11. The van der Waals surface area contributed by atoms with Crippen LogP contribution in [0.5, 0.6) is 0 Å². The van der Waals surface area contributed by atoms with E-state index in [4.69, 9.17) is 0 Å². The molecule has 2 nitrogen and oxygen atoms in total. The number of hydrogen-bond donors (Lipinski definition) is 0. The highest BCUT2D eigenvalue weighted by Crippen LogP contribution is 2.05. The second-order valence-electron chi connectivity index (χ2n) is 4.87. The third-order valence-corrected chi connectivity index (χ3v) is 2.89. The molecular weight excluding hydrogens is 184 g/mol. The van der Waals surface area contributed by atoms with Crippen LogP contribution in [-0.2, 0) is 0 Å². The Balaban J connectivity index is 2.50. The summed E-state index contributed by atoms with van der Waals surface area (Å²) >= 11 is 0. The molecule has 1 aliphatic heterocycles. The van der Waals surface area contributed by atoms with Gasteiger partial charge in [-0.15, -0.1) is 0 Å². The number of hydrogen-bond acceptors (Lipinski definition) is 1. The first kappa shape index (κ1) is 12.3. The monoisotopic (exact) mass is 209 g/mol. The Kier molecular flexibility index (Phi) is 4.86. The van der Waals surface area contributed by atoms with Gasteiger partial charge in [-0.1, -0.05) is 0 Å². The van der Waals surface area contributed by atoms with E-state index in [2.05, 4.69) is 55.7 Å². The molecule has 0 N–H and O–H groups in total. The van der Waals surface area contributed by atoms with E-state index in [9.17, 15) is 0 Å². The van der Waals surface area contributed by atoms with Gasteiger partial charge in [0.05, 0.1) is 0 Å². The van der Waals surface area contributed by atoms with Gasteiger partial charge in [-0.05, 0) is 27.7 Å². The molecule has 0 radical (unpaired) electrons. The van der Waals surface area contributed by atoms with Crippen molar-refractivity contribution in [2.75, 3.05) is 13.1 Å². The third kappa shape index (κ3) is 4.06. The fraction of sp³-hybridized carbons (Fsp3) is 0.769. The van der Waals surface area contributed by atoms with E-state index in [-0.39, 0.29) is 0 Å². The molecule has 0 aromatic rings. The lowest BCUT2D eigenvalue weighted by molar-refractivity contribution is -0.500. The minimum Gasteiger partial charge on any atom is -0.372 e. The number of allylic oxidation sites excluding steroid dienone is 1. The summed E-state index contributed by atoms with van der Waals surface area (Å²) in [4.78, 5) is 2.38. The summed E-state index contributed by atoms with van der Waals surface area (Å²) < 4.78 is 2.40. The van der Waals surface area contributed by atoms with Gasteiger partial charge in [-0.3, -0.25) is 0 Å². The number of nitrogens with zero attached hydrogens (tertiary/aromatic N) is 2. The van der Waals surface area contributed by atoms with Gasteiger partial charge in [0.15, 0.2) is 6.21 Å². The summed E-state index contributed by atoms with van der Waals surface area (Å²) in [5, 5.41) is 0. The van der Waals surface area contributed by atoms with Crippen LogP contribution in [0.4, 0.5) is 0 Å². The topological polar surface area (TPSA) is 6.25 Å². The summed E-state index contributed by atoms with van der Waals surface area (Å²) in [6.07, 6.45) is 9.33. The van der Waals surface area contributed by atoms with Crippen molar-refractivity contribution in [2.24, 2.45) is 0 Å². The third-order valence-electron chi connectivity index (χ3n) is 2.89. The summed E-state index contributed by atoms with van der Waals surface area (Å²) in [6.45, 7) is 11.4. The quantitative estimate of drug-likeness (QED) is 0.645. The molecule has 1 saturated heterocycles. The standard InChI is InChI=1S/C13H25N2/c1-12(2)15(13(3)4)11-7-10-14-8-5-6-9-14/h7,10-13H,5-6,8-9H2,1-4H3/q+1. The van der Waals surface area contributed by atoms with Gasteiger partial charge in [0.1, 0.15) is 13.1 Å².